The molecule has 0 aliphatic carbocycles. The van der Waals surface area contributed by atoms with Crippen molar-refractivity contribution in [3.63, 3.8) is 0 Å². The van der Waals surface area contributed by atoms with Crippen molar-refractivity contribution in [2.45, 2.75) is 45.7 Å². The maximum absolute atomic E-state index is 4.43. The average molecular weight is 264 g/mol. The monoisotopic (exact) mass is 264 g/mol. The predicted octanol–water partition coefficient (Wildman–Crippen LogP) is 2.11. The van der Waals surface area contributed by atoms with Gasteiger partial charge in [0.05, 0.1) is 6.20 Å². The van der Waals surface area contributed by atoms with E-state index in [1.807, 2.05) is 11.7 Å². The molecule has 0 saturated carbocycles. The quantitative estimate of drug-likeness (QED) is 0.904. The first-order valence-electron chi connectivity index (χ1n) is 7.42. The minimum absolute atomic E-state index is 0.508. The van der Waals surface area contributed by atoms with Gasteiger partial charge < -0.3 is 5.32 Å². The Morgan fingerprint density at radius 3 is 2.74 bits per heavy atom. The van der Waals surface area contributed by atoms with E-state index in [1.165, 1.54) is 30.6 Å². The lowest BCUT2D eigenvalue weighted by molar-refractivity contribution is 0.117. The summed E-state index contributed by atoms with van der Waals surface area (Å²) in [6.07, 6.45) is 4.67. The van der Waals surface area contributed by atoms with Crippen molar-refractivity contribution < 1.29 is 0 Å². The van der Waals surface area contributed by atoms with Crippen LogP contribution in [0.4, 0.5) is 0 Å². The van der Waals surface area contributed by atoms with Crippen LogP contribution in [-0.2, 0) is 7.05 Å². The molecular formula is C15H28N4. The third-order valence-electron chi connectivity index (χ3n) is 4.39. The minimum atomic E-state index is 0.508. The van der Waals surface area contributed by atoms with Gasteiger partial charge in [-0.2, -0.15) is 5.10 Å². The lowest BCUT2D eigenvalue weighted by Crippen LogP contribution is -2.42. The van der Waals surface area contributed by atoms with Gasteiger partial charge in [-0.15, -0.1) is 0 Å². The molecule has 1 N–H and O–H groups in total. The fraction of sp³-hybridized carbons (Fsp3) is 0.800. The highest BCUT2D eigenvalue weighted by Crippen LogP contribution is 2.35. The molecule has 2 heterocycles. The van der Waals surface area contributed by atoms with Gasteiger partial charge in [0.2, 0.25) is 0 Å². The van der Waals surface area contributed by atoms with E-state index in [0.717, 1.165) is 6.54 Å². The Balaban J connectivity index is 2.18. The number of aryl methyl sites for hydroxylation is 1. The van der Waals surface area contributed by atoms with Gasteiger partial charge in [0.25, 0.3) is 0 Å². The second kappa shape index (κ2) is 6.06. The summed E-state index contributed by atoms with van der Waals surface area (Å²) in [5.41, 5.74) is 2.70. The largest absolute Gasteiger partial charge is 0.314 e. The van der Waals surface area contributed by atoms with Crippen LogP contribution in [0.5, 0.6) is 0 Å². The first kappa shape index (κ1) is 14.5. The highest BCUT2D eigenvalue weighted by molar-refractivity contribution is 5.22. The third-order valence-corrected chi connectivity index (χ3v) is 4.39. The fourth-order valence-corrected chi connectivity index (χ4v) is 3.16. The number of piperidine rings is 1. The van der Waals surface area contributed by atoms with E-state index in [9.17, 15) is 0 Å². The van der Waals surface area contributed by atoms with E-state index in [-0.39, 0.29) is 0 Å². The SMILES string of the molecule is Cc1c(C2C(CNC(C)C)CCCN2C)cnn1C. The number of nitrogens with zero attached hydrogens (tertiary/aromatic N) is 3. The summed E-state index contributed by atoms with van der Waals surface area (Å²) in [5.74, 6) is 0.684. The fourth-order valence-electron chi connectivity index (χ4n) is 3.16. The van der Waals surface area contributed by atoms with Crippen molar-refractivity contribution in [1.29, 1.82) is 0 Å². The van der Waals surface area contributed by atoms with Gasteiger partial charge in [0, 0.05) is 36.9 Å². The topological polar surface area (TPSA) is 33.1 Å². The van der Waals surface area contributed by atoms with Crippen LogP contribution in [0.3, 0.4) is 0 Å². The van der Waals surface area contributed by atoms with E-state index < -0.39 is 0 Å². The molecule has 2 atom stereocenters. The smallest absolute Gasteiger partial charge is 0.0540 e. The number of hydrogen-bond acceptors (Lipinski definition) is 3. The number of likely N-dealkylation sites (tertiary alicyclic amines) is 1. The van der Waals surface area contributed by atoms with Crippen LogP contribution < -0.4 is 5.32 Å². The van der Waals surface area contributed by atoms with Crippen LogP contribution >= 0.6 is 0 Å². The van der Waals surface area contributed by atoms with Gasteiger partial charge in [-0.25, -0.2) is 0 Å². The second-order valence-corrected chi connectivity index (χ2v) is 6.20. The van der Waals surface area contributed by atoms with Crippen molar-refractivity contribution in [3.05, 3.63) is 17.5 Å². The third kappa shape index (κ3) is 3.18. The van der Waals surface area contributed by atoms with E-state index in [1.54, 1.807) is 0 Å². The molecule has 1 aromatic rings. The molecule has 19 heavy (non-hydrogen) atoms. The number of hydrogen-bond donors (Lipinski definition) is 1. The number of nitrogens with one attached hydrogen (secondary N) is 1. The summed E-state index contributed by atoms with van der Waals surface area (Å²) in [7, 11) is 4.28. The van der Waals surface area contributed by atoms with E-state index in [2.05, 4.69) is 49.3 Å². The maximum Gasteiger partial charge on any atom is 0.0540 e. The zero-order valence-electron chi connectivity index (χ0n) is 13.0. The Hall–Kier alpha value is -0.870. The molecule has 0 spiro atoms. The summed E-state index contributed by atoms with van der Waals surface area (Å²) in [5, 5.41) is 8.03. The van der Waals surface area contributed by atoms with Crippen molar-refractivity contribution in [3.8, 4) is 0 Å². The van der Waals surface area contributed by atoms with Crippen LogP contribution in [0.1, 0.15) is 44.0 Å². The lowest BCUT2D eigenvalue weighted by atomic mass is 9.85. The van der Waals surface area contributed by atoms with Gasteiger partial charge >= 0.3 is 0 Å². The van der Waals surface area contributed by atoms with Crippen molar-refractivity contribution >= 4 is 0 Å². The summed E-state index contributed by atoms with van der Waals surface area (Å²) >= 11 is 0. The van der Waals surface area contributed by atoms with Crippen LogP contribution in [-0.4, -0.2) is 40.9 Å². The Bertz CT molecular complexity index is 410. The summed E-state index contributed by atoms with van der Waals surface area (Å²) in [4.78, 5) is 2.50. The van der Waals surface area contributed by atoms with Gasteiger partial charge in [-0.1, -0.05) is 13.8 Å². The van der Waals surface area contributed by atoms with Gasteiger partial charge in [0.1, 0.15) is 0 Å². The van der Waals surface area contributed by atoms with Crippen molar-refractivity contribution in [2.75, 3.05) is 20.1 Å². The minimum Gasteiger partial charge on any atom is -0.314 e. The highest BCUT2D eigenvalue weighted by atomic mass is 15.3. The highest BCUT2D eigenvalue weighted by Gasteiger charge is 2.32. The van der Waals surface area contributed by atoms with Crippen LogP contribution in [0, 0.1) is 12.8 Å². The molecule has 4 nitrogen and oxygen atoms in total. The molecule has 0 amide bonds. The average Bonchev–Trinajstić information content (AvgIpc) is 2.68. The first-order chi connectivity index (χ1) is 9.00. The molecule has 2 unspecified atom stereocenters. The molecule has 1 saturated heterocycles. The lowest BCUT2D eigenvalue weighted by Gasteiger charge is -2.39. The molecule has 2 rings (SSSR count). The van der Waals surface area contributed by atoms with E-state index in [0.29, 0.717) is 18.0 Å². The standard InChI is InChI=1S/C15H28N4/c1-11(2)16-9-13-7-6-8-18(4)15(13)14-10-17-19(5)12(14)3/h10-11,13,15-16H,6-9H2,1-5H3. The Kier molecular flexibility index (Phi) is 4.63. The number of aromatic nitrogens is 2. The maximum atomic E-state index is 4.43. The summed E-state index contributed by atoms with van der Waals surface area (Å²) < 4.78 is 1.99. The second-order valence-electron chi connectivity index (χ2n) is 6.20. The van der Waals surface area contributed by atoms with Gasteiger partial charge in [-0.05, 0) is 39.3 Å². The van der Waals surface area contributed by atoms with Crippen molar-refractivity contribution in [1.82, 2.24) is 20.0 Å². The molecule has 1 aliphatic heterocycles. The molecule has 0 aromatic carbocycles. The summed E-state index contributed by atoms with van der Waals surface area (Å²) in [6.45, 7) is 8.91. The molecular weight excluding hydrogens is 236 g/mol. The van der Waals surface area contributed by atoms with E-state index >= 15 is 0 Å². The summed E-state index contributed by atoms with van der Waals surface area (Å²) in [6, 6.07) is 1.07. The Morgan fingerprint density at radius 1 is 1.42 bits per heavy atom. The van der Waals surface area contributed by atoms with Gasteiger partial charge in [0.15, 0.2) is 0 Å². The Labute approximate surface area is 117 Å². The van der Waals surface area contributed by atoms with Crippen LogP contribution in [0.2, 0.25) is 0 Å². The molecule has 0 bridgehead atoms. The number of rotatable bonds is 4. The van der Waals surface area contributed by atoms with Crippen LogP contribution in [0.25, 0.3) is 0 Å². The Morgan fingerprint density at radius 2 is 2.16 bits per heavy atom. The van der Waals surface area contributed by atoms with Crippen LogP contribution in [0.15, 0.2) is 6.20 Å². The zero-order valence-corrected chi connectivity index (χ0v) is 13.0. The molecule has 108 valence electrons. The van der Waals surface area contributed by atoms with Crippen molar-refractivity contribution in [2.24, 2.45) is 13.0 Å². The molecule has 0 radical (unpaired) electrons. The normalized spacial score (nSPS) is 25.2. The zero-order chi connectivity index (χ0) is 14.0. The predicted molar refractivity (Wildman–Crippen MR) is 79.2 cm³/mol. The molecule has 1 aliphatic rings. The molecule has 1 aromatic heterocycles. The molecule has 4 heteroatoms. The molecule has 1 fully saturated rings. The first-order valence-corrected chi connectivity index (χ1v) is 7.42. The van der Waals surface area contributed by atoms with Gasteiger partial charge in [-0.3, -0.25) is 9.58 Å². The van der Waals surface area contributed by atoms with E-state index in [4.69, 9.17) is 0 Å².